The first-order valence-electron chi connectivity index (χ1n) is 8.14. The fourth-order valence-electron chi connectivity index (χ4n) is 2.99. The van der Waals surface area contributed by atoms with Gasteiger partial charge in [0.25, 0.3) is 5.91 Å². The molecule has 2 aromatic carbocycles. The summed E-state index contributed by atoms with van der Waals surface area (Å²) in [5.41, 5.74) is 1.91. The third-order valence-corrected chi connectivity index (χ3v) is 5.03. The zero-order valence-electron chi connectivity index (χ0n) is 13.4. The van der Waals surface area contributed by atoms with Gasteiger partial charge in [-0.2, -0.15) is 0 Å². The average molecular weight is 363 g/mol. The lowest BCUT2D eigenvalue weighted by atomic mass is 10.2. The molecule has 1 fully saturated rings. The normalized spacial score (nSPS) is 16.0. The topological polar surface area (TPSA) is 23.6 Å². The van der Waals surface area contributed by atoms with Crippen molar-refractivity contribution in [3.63, 3.8) is 0 Å². The maximum Gasteiger partial charge on any atom is 0.253 e. The molecule has 5 heteroatoms. The Morgan fingerprint density at radius 1 is 0.917 bits per heavy atom. The lowest BCUT2D eigenvalue weighted by molar-refractivity contribution is 0.0761. The number of carbonyl (C=O) groups is 1. The van der Waals surface area contributed by atoms with E-state index >= 15 is 0 Å². The molecule has 1 amide bonds. The van der Waals surface area contributed by atoms with Crippen molar-refractivity contribution in [1.29, 1.82) is 0 Å². The van der Waals surface area contributed by atoms with Crippen LogP contribution in [-0.4, -0.2) is 41.9 Å². The summed E-state index contributed by atoms with van der Waals surface area (Å²) >= 11 is 12.0. The van der Waals surface area contributed by atoms with E-state index in [2.05, 4.69) is 29.2 Å². The van der Waals surface area contributed by atoms with Gasteiger partial charge in [0.15, 0.2) is 0 Å². The van der Waals surface area contributed by atoms with Crippen molar-refractivity contribution in [1.82, 2.24) is 9.80 Å². The van der Waals surface area contributed by atoms with Gasteiger partial charge >= 0.3 is 0 Å². The van der Waals surface area contributed by atoms with Crippen LogP contribution in [0.1, 0.15) is 22.3 Å². The number of nitrogens with zero attached hydrogens (tertiary/aromatic N) is 2. The molecule has 0 N–H and O–H groups in total. The second-order valence-electron chi connectivity index (χ2n) is 6.04. The summed E-state index contributed by atoms with van der Waals surface area (Å²) in [6.45, 7) is 4.30. The Labute approximate surface area is 152 Å². The van der Waals surface area contributed by atoms with Gasteiger partial charge in [0, 0.05) is 38.3 Å². The number of benzene rings is 2. The van der Waals surface area contributed by atoms with Crippen molar-refractivity contribution in [3.05, 3.63) is 69.7 Å². The van der Waals surface area contributed by atoms with Gasteiger partial charge in [-0.15, -0.1) is 0 Å². The van der Waals surface area contributed by atoms with Crippen LogP contribution in [0.25, 0.3) is 0 Å². The molecule has 0 bridgehead atoms. The molecule has 3 nitrogen and oxygen atoms in total. The molecular weight excluding hydrogens is 343 g/mol. The monoisotopic (exact) mass is 362 g/mol. The first-order chi connectivity index (χ1) is 11.6. The molecule has 0 spiro atoms. The van der Waals surface area contributed by atoms with E-state index in [-0.39, 0.29) is 5.91 Å². The third kappa shape index (κ3) is 4.29. The number of hydrogen-bond donors (Lipinski definition) is 0. The third-order valence-electron chi connectivity index (χ3n) is 4.29. The largest absolute Gasteiger partial charge is 0.337 e. The summed E-state index contributed by atoms with van der Waals surface area (Å²) in [4.78, 5) is 17.0. The summed E-state index contributed by atoms with van der Waals surface area (Å²) < 4.78 is 0. The first kappa shape index (κ1) is 17.3. The average Bonchev–Trinajstić information content (AvgIpc) is 2.83. The van der Waals surface area contributed by atoms with Crippen LogP contribution in [0.2, 0.25) is 10.0 Å². The molecule has 0 unspecified atom stereocenters. The number of amides is 1. The van der Waals surface area contributed by atoms with E-state index in [1.807, 2.05) is 11.0 Å². The zero-order valence-corrected chi connectivity index (χ0v) is 14.9. The van der Waals surface area contributed by atoms with E-state index in [1.165, 1.54) is 5.56 Å². The quantitative estimate of drug-likeness (QED) is 0.810. The highest BCUT2D eigenvalue weighted by atomic mass is 35.5. The molecule has 0 aromatic heterocycles. The Kier molecular flexibility index (Phi) is 5.77. The van der Waals surface area contributed by atoms with Gasteiger partial charge in [0.05, 0.1) is 10.0 Å². The standard InChI is InChI=1S/C19H20Cl2N2O/c20-17-8-7-16(13-18(17)21)19(24)23-10-4-9-22(11-12-23)14-15-5-2-1-3-6-15/h1-3,5-8,13H,4,9-12,14H2. The molecule has 24 heavy (non-hydrogen) atoms. The van der Waals surface area contributed by atoms with Crippen LogP contribution in [0.4, 0.5) is 0 Å². The number of rotatable bonds is 3. The molecule has 2 aromatic rings. The van der Waals surface area contributed by atoms with E-state index in [0.717, 1.165) is 39.1 Å². The van der Waals surface area contributed by atoms with Gasteiger partial charge in [-0.1, -0.05) is 53.5 Å². The van der Waals surface area contributed by atoms with E-state index in [1.54, 1.807) is 18.2 Å². The summed E-state index contributed by atoms with van der Waals surface area (Å²) in [6.07, 6.45) is 0.972. The predicted molar refractivity (Wildman–Crippen MR) is 98.7 cm³/mol. The molecule has 1 aliphatic heterocycles. The van der Waals surface area contributed by atoms with Crippen molar-refractivity contribution < 1.29 is 4.79 Å². The van der Waals surface area contributed by atoms with Crippen molar-refractivity contribution in [2.45, 2.75) is 13.0 Å². The molecule has 1 heterocycles. The summed E-state index contributed by atoms with van der Waals surface area (Å²) in [7, 11) is 0. The van der Waals surface area contributed by atoms with Gasteiger partial charge in [-0.05, 0) is 30.2 Å². The fraction of sp³-hybridized carbons (Fsp3) is 0.316. The second kappa shape index (κ2) is 8.02. The smallest absolute Gasteiger partial charge is 0.253 e. The maximum atomic E-state index is 12.7. The SMILES string of the molecule is O=C(c1ccc(Cl)c(Cl)c1)N1CCCN(Cc2ccccc2)CC1. The van der Waals surface area contributed by atoms with Gasteiger partial charge < -0.3 is 4.90 Å². The van der Waals surface area contributed by atoms with Crippen LogP contribution >= 0.6 is 23.2 Å². The summed E-state index contributed by atoms with van der Waals surface area (Å²) in [5, 5.41) is 0.890. The van der Waals surface area contributed by atoms with E-state index in [4.69, 9.17) is 23.2 Å². The van der Waals surface area contributed by atoms with Crippen molar-refractivity contribution >= 4 is 29.1 Å². The Bertz CT molecular complexity index is 706. The molecular formula is C19H20Cl2N2O. The minimum Gasteiger partial charge on any atom is -0.337 e. The van der Waals surface area contributed by atoms with Gasteiger partial charge in [-0.3, -0.25) is 9.69 Å². The molecule has 0 aliphatic carbocycles. The van der Waals surface area contributed by atoms with Crippen LogP contribution in [-0.2, 0) is 6.54 Å². The number of carbonyl (C=O) groups excluding carboxylic acids is 1. The Hall–Kier alpha value is -1.55. The minimum atomic E-state index is 0.0233. The van der Waals surface area contributed by atoms with Crippen molar-refractivity contribution in [2.75, 3.05) is 26.2 Å². The van der Waals surface area contributed by atoms with E-state index in [0.29, 0.717) is 15.6 Å². The Balaban J connectivity index is 1.62. The van der Waals surface area contributed by atoms with Gasteiger partial charge in [-0.25, -0.2) is 0 Å². The lowest BCUT2D eigenvalue weighted by Crippen LogP contribution is -2.35. The van der Waals surface area contributed by atoms with Crippen LogP contribution in [0.5, 0.6) is 0 Å². The van der Waals surface area contributed by atoms with Crippen LogP contribution in [0, 0.1) is 0 Å². The van der Waals surface area contributed by atoms with E-state index in [9.17, 15) is 4.79 Å². The highest BCUT2D eigenvalue weighted by molar-refractivity contribution is 6.42. The first-order valence-corrected chi connectivity index (χ1v) is 8.90. The van der Waals surface area contributed by atoms with Crippen LogP contribution in [0.15, 0.2) is 48.5 Å². The predicted octanol–water partition coefficient (Wildman–Crippen LogP) is 4.34. The summed E-state index contributed by atoms with van der Waals surface area (Å²) in [6, 6.07) is 15.5. The van der Waals surface area contributed by atoms with Gasteiger partial charge in [0.2, 0.25) is 0 Å². The molecule has 1 saturated heterocycles. The molecule has 1 aliphatic rings. The Morgan fingerprint density at radius 3 is 2.46 bits per heavy atom. The number of hydrogen-bond acceptors (Lipinski definition) is 2. The Morgan fingerprint density at radius 2 is 1.71 bits per heavy atom. The molecule has 126 valence electrons. The second-order valence-corrected chi connectivity index (χ2v) is 6.85. The number of halogens is 2. The molecule has 3 rings (SSSR count). The van der Waals surface area contributed by atoms with Gasteiger partial charge in [0.1, 0.15) is 0 Å². The molecule has 0 saturated carbocycles. The zero-order chi connectivity index (χ0) is 16.9. The lowest BCUT2D eigenvalue weighted by Gasteiger charge is -2.22. The maximum absolute atomic E-state index is 12.7. The minimum absolute atomic E-state index is 0.0233. The van der Waals surface area contributed by atoms with Crippen molar-refractivity contribution in [2.24, 2.45) is 0 Å². The van der Waals surface area contributed by atoms with Crippen molar-refractivity contribution in [3.8, 4) is 0 Å². The molecule has 0 atom stereocenters. The molecule has 0 radical (unpaired) electrons. The van der Waals surface area contributed by atoms with E-state index < -0.39 is 0 Å². The summed E-state index contributed by atoms with van der Waals surface area (Å²) in [5.74, 6) is 0.0233. The van der Waals surface area contributed by atoms with Crippen LogP contribution < -0.4 is 0 Å². The highest BCUT2D eigenvalue weighted by Crippen LogP contribution is 2.23. The van der Waals surface area contributed by atoms with Crippen LogP contribution in [0.3, 0.4) is 0 Å². The fourth-order valence-corrected chi connectivity index (χ4v) is 3.28. The highest BCUT2D eigenvalue weighted by Gasteiger charge is 2.20.